The maximum atomic E-state index is 12.4. The zero-order valence-electron chi connectivity index (χ0n) is 13.3. The fourth-order valence-corrected chi connectivity index (χ4v) is 2.52. The molecular formula is C21H16N2O. The van der Waals surface area contributed by atoms with E-state index in [1.165, 1.54) is 0 Å². The standard InChI is InChI=1S/C21H16N2O/c1-15-6-2-5-9-20(15)23-21(24)19(14-22)13-16-10-11-17-7-3-4-8-18(17)12-16/h2-13H,1H3,(H,23,24)/b19-13+. The van der Waals surface area contributed by atoms with Crippen molar-refractivity contribution in [3.8, 4) is 6.07 Å². The molecular weight excluding hydrogens is 296 g/mol. The number of para-hydroxylation sites is 1. The van der Waals surface area contributed by atoms with E-state index in [2.05, 4.69) is 5.32 Å². The number of aryl methyl sites for hydroxylation is 1. The van der Waals surface area contributed by atoms with Crippen molar-refractivity contribution >= 4 is 28.4 Å². The third-order valence-electron chi connectivity index (χ3n) is 3.84. The highest BCUT2D eigenvalue weighted by atomic mass is 16.1. The van der Waals surface area contributed by atoms with Crippen molar-refractivity contribution in [2.45, 2.75) is 6.92 Å². The van der Waals surface area contributed by atoms with Crippen molar-refractivity contribution in [1.29, 1.82) is 5.26 Å². The summed E-state index contributed by atoms with van der Waals surface area (Å²) in [5, 5.41) is 14.3. The first kappa shape index (κ1) is 15.5. The molecule has 116 valence electrons. The number of carbonyl (C=O) groups excluding carboxylic acids is 1. The molecule has 0 aliphatic rings. The van der Waals surface area contributed by atoms with E-state index in [9.17, 15) is 10.1 Å². The Morgan fingerprint density at radius 3 is 2.46 bits per heavy atom. The number of rotatable bonds is 3. The average Bonchev–Trinajstić information content (AvgIpc) is 2.61. The van der Waals surface area contributed by atoms with Gasteiger partial charge in [0.1, 0.15) is 11.6 Å². The second kappa shape index (κ2) is 6.80. The number of carbonyl (C=O) groups is 1. The molecule has 0 saturated heterocycles. The Kier molecular flexibility index (Phi) is 4.40. The maximum Gasteiger partial charge on any atom is 0.266 e. The molecule has 24 heavy (non-hydrogen) atoms. The lowest BCUT2D eigenvalue weighted by molar-refractivity contribution is -0.112. The molecule has 1 N–H and O–H groups in total. The zero-order chi connectivity index (χ0) is 16.9. The summed E-state index contributed by atoms with van der Waals surface area (Å²) in [6.07, 6.45) is 1.61. The number of benzene rings is 3. The van der Waals surface area contributed by atoms with Crippen LogP contribution in [-0.4, -0.2) is 5.91 Å². The van der Waals surface area contributed by atoms with E-state index >= 15 is 0 Å². The Morgan fingerprint density at radius 2 is 1.71 bits per heavy atom. The van der Waals surface area contributed by atoms with E-state index in [1.54, 1.807) is 6.08 Å². The highest BCUT2D eigenvalue weighted by Gasteiger charge is 2.10. The first-order chi connectivity index (χ1) is 11.7. The molecule has 0 radical (unpaired) electrons. The fraction of sp³-hybridized carbons (Fsp3) is 0.0476. The number of nitrogens with zero attached hydrogens (tertiary/aromatic N) is 1. The van der Waals surface area contributed by atoms with Crippen LogP contribution in [-0.2, 0) is 4.79 Å². The van der Waals surface area contributed by atoms with Crippen LogP contribution >= 0.6 is 0 Å². The van der Waals surface area contributed by atoms with Crippen LogP contribution < -0.4 is 5.32 Å². The van der Waals surface area contributed by atoms with Crippen LogP contribution in [0.2, 0.25) is 0 Å². The molecule has 0 unspecified atom stereocenters. The minimum atomic E-state index is -0.403. The Morgan fingerprint density at radius 1 is 1.00 bits per heavy atom. The van der Waals surface area contributed by atoms with Crippen LogP contribution in [0.5, 0.6) is 0 Å². The molecule has 0 bridgehead atoms. The molecule has 0 aliphatic carbocycles. The van der Waals surface area contributed by atoms with E-state index in [1.807, 2.05) is 79.7 Å². The van der Waals surface area contributed by atoms with Crippen molar-refractivity contribution < 1.29 is 4.79 Å². The lowest BCUT2D eigenvalue weighted by Gasteiger charge is -2.07. The number of nitrogens with one attached hydrogen (secondary N) is 1. The largest absolute Gasteiger partial charge is 0.321 e. The van der Waals surface area contributed by atoms with E-state index in [4.69, 9.17) is 0 Å². The second-order valence-corrected chi connectivity index (χ2v) is 5.55. The van der Waals surface area contributed by atoms with Gasteiger partial charge in [-0.2, -0.15) is 5.26 Å². The molecule has 0 aliphatic heterocycles. The van der Waals surface area contributed by atoms with Crippen LogP contribution in [0.25, 0.3) is 16.8 Å². The van der Waals surface area contributed by atoms with Gasteiger partial charge >= 0.3 is 0 Å². The fourth-order valence-electron chi connectivity index (χ4n) is 2.52. The van der Waals surface area contributed by atoms with Crippen LogP contribution in [0.4, 0.5) is 5.69 Å². The quantitative estimate of drug-likeness (QED) is 0.563. The molecule has 0 aromatic heterocycles. The number of fused-ring (bicyclic) bond motifs is 1. The van der Waals surface area contributed by atoms with Crippen molar-refractivity contribution in [3.05, 3.63) is 83.4 Å². The van der Waals surface area contributed by atoms with Crippen molar-refractivity contribution in [1.82, 2.24) is 0 Å². The molecule has 0 spiro atoms. The number of amides is 1. The van der Waals surface area contributed by atoms with Crippen LogP contribution in [0.15, 0.2) is 72.3 Å². The van der Waals surface area contributed by atoms with Gasteiger partial charge in [-0.05, 0) is 47.0 Å². The van der Waals surface area contributed by atoms with Crippen molar-refractivity contribution in [3.63, 3.8) is 0 Å². The summed E-state index contributed by atoms with van der Waals surface area (Å²) in [6, 6.07) is 23.3. The van der Waals surface area contributed by atoms with Gasteiger partial charge in [0.15, 0.2) is 0 Å². The summed E-state index contributed by atoms with van der Waals surface area (Å²) in [7, 11) is 0. The molecule has 0 saturated carbocycles. The molecule has 0 atom stereocenters. The van der Waals surface area contributed by atoms with Gasteiger partial charge in [-0.3, -0.25) is 4.79 Å². The Labute approximate surface area is 140 Å². The minimum Gasteiger partial charge on any atom is -0.321 e. The first-order valence-corrected chi connectivity index (χ1v) is 7.65. The van der Waals surface area contributed by atoms with Crippen LogP contribution in [0.1, 0.15) is 11.1 Å². The highest BCUT2D eigenvalue weighted by Crippen LogP contribution is 2.19. The highest BCUT2D eigenvalue weighted by molar-refractivity contribution is 6.10. The topological polar surface area (TPSA) is 52.9 Å². The molecule has 0 heterocycles. The molecule has 3 nitrogen and oxygen atoms in total. The minimum absolute atomic E-state index is 0.0773. The molecule has 3 rings (SSSR count). The van der Waals surface area contributed by atoms with E-state index in [0.717, 1.165) is 21.9 Å². The van der Waals surface area contributed by atoms with Gasteiger partial charge in [0.25, 0.3) is 5.91 Å². The Balaban J connectivity index is 1.89. The smallest absolute Gasteiger partial charge is 0.266 e. The number of anilines is 1. The third-order valence-corrected chi connectivity index (χ3v) is 3.84. The van der Waals surface area contributed by atoms with Gasteiger partial charge in [-0.25, -0.2) is 0 Å². The molecule has 3 aromatic rings. The Hall–Kier alpha value is -3.38. The normalized spacial score (nSPS) is 11.1. The summed E-state index contributed by atoms with van der Waals surface area (Å²) in [6.45, 7) is 1.91. The van der Waals surface area contributed by atoms with Gasteiger partial charge in [-0.1, -0.05) is 54.6 Å². The maximum absolute atomic E-state index is 12.4. The van der Waals surface area contributed by atoms with E-state index < -0.39 is 5.91 Å². The number of hydrogen-bond acceptors (Lipinski definition) is 2. The lowest BCUT2D eigenvalue weighted by atomic mass is 10.0. The van der Waals surface area contributed by atoms with Gasteiger partial charge in [0, 0.05) is 5.69 Å². The first-order valence-electron chi connectivity index (χ1n) is 7.65. The summed E-state index contributed by atoms with van der Waals surface area (Å²) in [5.74, 6) is -0.403. The summed E-state index contributed by atoms with van der Waals surface area (Å²) < 4.78 is 0. The average molecular weight is 312 g/mol. The lowest BCUT2D eigenvalue weighted by Crippen LogP contribution is -2.14. The van der Waals surface area contributed by atoms with E-state index in [0.29, 0.717) is 5.69 Å². The SMILES string of the molecule is Cc1ccccc1NC(=O)/C(C#N)=C/c1ccc2ccccc2c1. The monoisotopic (exact) mass is 312 g/mol. The molecule has 0 fully saturated rings. The van der Waals surface area contributed by atoms with Crippen molar-refractivity contribution in [2.75, 3.05) is 5.32 Å². The third kappa shape index (κ3) is 3.34. The van der Waals surface area contributed by atoms with Gasteiger partial charge < -0.3 is 5.32 Å². The van der Waals surface area contributed by atoms with Crippen molar-refractivity contribution in [2.24, 2.45) is 0 Å². The number of nitriles is 1. The van der Waals surface area contributed by atoms with Gasteiger partial charge in [0.2, 0.25) is 0 Å². The second-order valence-electron chi connectivity index (χ2n) is 5.55. The molecule has 1 amide bonds. The zero-order valence-corrected chi connectivity index (χ0v) is 13.3. The molecule has 3 aromatic carbocycles. The van der Waals surface area contributed by atoms with E-state index in [-0.39, 0.29) is 5.57 Å². The predicted octanol–water partition coefficient (Wildman–Crippen LogP) is 4.69. The number of hydrogen-bond donors (Lipinski definition) is 1. The Bertz CT molecular complexity index is 980. The summed E-state index contributed by atoms with van der Waals surface area (Å²) in [4.78, 5) is 12.4. The van der Waals surface area contributed by atoms with Crippen LogP contribution in [0.3, 0.4) is 0 Å². The summed E-state index contributed by atoms with van der Waals surface area (Å²) in [5.41, 5.74) is 2.56. The molecule has 3 heteroatoms. The predicted molar refractivity (Wildman–Crippen MR) is 97.3 cm³/mol. The summed E-state index contributed by atoms with van der Waals surface area (Å²) >= 11 is 0. The van der Waals surface area contributed by atoms with Gasteiger partial charge in [-0.15, -0.1) is 0 Å². The van der Waals surface area contributed by atoms with Gasteiger partial charge in [0.05, 0.1) is 0 Å². The van der Waals surface area contributed by atoms with Crippen LogP contribution in [0, 0.1) is 18.3 Å².